The predicted octanol–water partition coefficient (Wildman–Crippen LogP) is 2.02. The third kappa shape index (κ3) is 5.17. The second-order valence-corrected chi connectivity index (χ2v) is 5.30. The zero-order valence-electron chi connectivity index (χ0n) is 11.8. The van der Waals surface area contributed by atoms with Crippen molar-refractivity contribution >= 4 is 11.8 Å². The molecule has 4 nitrogen and oxygen atoms in total. The number of carbonyl (C=O) groups is 2. The van der Waals surface area contributed by atoms with Crippen LogP contribution in [-0.4, -0.2) is 42.4 Å². The van der Waals surface area contributed by atoms with Crippen LogP contribution >= 0.6 is 0 Å². The van der Waals surface area contributed by atoms with E-state index >= 15 is 0 Å². The van der Waals surface area contributed by atoms with Crippen molar-refractivity contribution in [2.75, 3.05) is 19.7 Å². The summed E-state index contributed by atoms with van der Waals surface area (Å²) in [5, 5.41) is 0. The van der Waals surface area contributed by atoms with Crippen molar-refractivity contribution in [2.24, 2.45) is 5.92 Å². The van der Waals surface area contributed by atoms with Gasteiger partial charge in [0.25, 0.3) is 0 Å². The SMILES string of the molecule is CCOC(=O)CCC(=O)CN1CC(C)CCC1C. The van der Waals surface area contributed by atoms with Gasteiger partial charge in [-0.1, -0.05) is 6.92 Å². The highest BCUT2D eigenvalue weighted by Gasteiger charge is 2.24. The Morgan fingerprint density at radius 2 is 1.94 bits per heavy atom. The molecular weight excluding hydrogens is 230 g/mol. The summed E-state index contributed by atoms with van der Waals surface area (Å²) in [4.78, 5) is 25.2. The number of Topliss-reactive ketones (excluding diaryl/α,β-unsaturated/α-hetero) is 1. The molecule has 1 rings (SSSR count). The molecule has 0 saturated carbocycles. The molecule has 1 aliphatic heterocycles. The average Bonchev–Trinajstić information content (AvgIpc) is 2.32. The topological polar surface area (TPSA) is 46.6 Å². The number of ketones is 1. The van der Waals surface area contributed by atoms with Crippen LogP contribution < -0.4 is 0 Å². The fourth-order valence-electron chi connectivity index (χ4n) is 2.38. The summed E-state index contributed by atoms with van der Waals surface area (Å²) < 4.78 is 4.82. The van der Waals surface area contributed by atoms with Gasteiger partial charge in [0.15, 0.2) is 0 Å². The first-order valence-electron chi connectivity index (χ1n) is 6.94. The lowest BCUT2D eigenvalue weighted by molar-refractivity contribution is -0.144. The van der Waals surface area contributed by atoms with Gasteiger partial charge in [0.05, 0.1) is 19.6 Å². The van der Waals surface area contributed by atoms with Crippen LogP contribution in [0.15, 0.2) is 0 Å². The molecule has 0 aliphatic carbocycles. The average molecular weight is 255 g/mol. The quantitative estimate of drug-likeness (QED) is 0.681. The number of hydrogen-bond donors (Lipinski definition) is 0. The molecule has 0 aromatic carbocycles. The van der Waals surface area contributed by atoms with Crippen molar-refractivity contribution in [2.45, 2.75) is 52.5 Å². The maximum Gasteiger partial charge on any atom is 0.306 e. The van der Waals surface area contributed by atoms with Gasteiger partial charge in [0.1, 0.15) is 5.78 Å². The number of likely N-dealkylation sites (tertiary alicyclic amines) is 1. The molecule has 1 fully saturated rings. The number of ether oxygens (including phenoxy) is 1. The van der Waals surface area contributed by atoms with E-state index in [1.54, 1.807) is 6.92 Å². The number of carbonyl (C=O) groups excluding carboxylic acids is 2. The van der Waals surface area contributed by atoms with E-state index in [0.29, 0.717) is 31.5 Å². The predicted molar refractivity (Wildman–Crippen MR) is 70.3 cm³/mol. The number of esters is 1. The van der Waals surface area contributed by atoms with E-state index in [0.717, 1.165) is 13.0 Å². The first-order chi connectivity index (χ1) is 8.52. The first kappa shape index (κ1) is 15.2. The Morgan fingerprint density at radius 1 is 1.22 bits per heavy atom. The minimum absolute atomic E-state index is 0.143. The molecule has 2 atom stereocenters. The van der Waals surface area contributed by atoms with E-state index < -0.39 is 0 Å². The first-order valence-corrected chi connectivity index (χ1v) is 6.94. The molecule has 0 aromatic rings. The third-order valence-corrected chi connectivity index (χ3v) is 3.54. The van der Waals surface area contributed by atoms with Crippen molar-refractivity contribution in [3.05, 3.63) is 0 Å². The molecule has 4 heteroatoms. The molecule has 1 heterocycles. The number of piperidine rings is 1. The maximum absolute atomic E-state index is 11.8. The highest BCUT2D eigenvalue weighted by molar-refractivity contribution is 5.84. The fraction of sp³-hybridized carbons (Fsp3) is 0.857. The maximum atomic E-state index is 11.8. The molecule has 0 spiro atoms. The van der Waals surface area contributed by atoms with Gasteiger partial charge in [-0.05, 0) is 32.6 Å². The summed E-state index contributed by atoms with van der Waals surface area (Å²) in [7, 11) is 0. The van der Waals surface area contributed by atoms with E-state index in [4.69, 9.17) is 4.74 Å². The molecule has 104 valence electrons. The van der Waals surface area contributed by atoms with Gasteiger partial charge in [-0.25, -0.2) is 0 Å². The Labute approximate surface area is 110 Å². The van der Waals surface area contributed by atoms with Gasteiger partial charge in [-0.2, -0.15) is 0 Å². The van der Waals surface area contributed by atoms with Crippen LogP contribution in [0.2, 0.25) is 0 Å². The molecule has 1 saturated heterocycles. The number of rotatable bonds is 6. The van der Waals surface area contributed by atoms with E-state index in [9.17, 15) is 9.59 Å². The van der Waals surface area contributed by atoms with Crippen molar-refractivity contribution in [1.82, 2.24) is 4.90 Å². The van der Waals surface area contributed by atoms with Crippen LogP contribution in [0.25, 0.3) is 0 Å². The monoisotopic (exact) mass is 255 g/mol. The van der Waals surface area contributed by atoms with Gasteiger partial charge < -0.3 is 4.74 Å². The van der Waals surface area contributed by atoms with E-state index in [1.165, 1.54) is 6.42 Å². The fourth-order valence-corrected chi connectivity index (χ4v) is 2.38. The Balaban J connectivity index is 2.28. The molecule has 1 aliphatic rings. The van der Waals surface area contributed by atoms with Gasteiger partial charge in [-0.3, -0.25) is 14.5 Å². The van der Waals surface area contributed by atoms with Gasteiger partial charge >= 0.3 is 5.97 Å². The molecule has 18 heavy (non-hydrogen) atoms. The van der Waals surface area contributed by atoms with Crippen LogP contribution in [-0.2, 0) is 14.3 Å². The van der Waals surface area contributed by atoms with Crippen LogP contribution in [0.4, 0.5) is 0 Å². The molecule has 0 amide bonds. The molecular formula is C14H25NO3. The second kappa shape index (κ2) is 7.52. The van der Waals surface area contributed by atoms with E-state index in [1.807, 2.05) is 0 Å². The largest absolute Gasteiger partial charge is 0.466 e. The number of nitrogens with zero attached hydrogens (tertiary/aromatic N) is 1. The normalized spacial score (nSPS) is 24.8. The van der Waals surface area contributed by atoms with Crippen molar-refractivity contribution in [1.29, 1.82) is 0 Å². The van der Waals surface area contributed by atoms with Crippen molar-refractivity contribution in [3.63, 3.8) is 0 Å². The summed E-state index contributed by atoms with van der Waals surface area (Å²) in [5.41, 5.74) is 0. The zero-order valence-corrected chi connectivity index (χ0v) is 11.8. The third-order valence-electron chi connectivity index (χ3n) is 3.54. The summed E-state index contributed by atoms with van der Waals surface area (Å²) >= 11 is 0. The Kier molecular flexibility index (Phi) is 6.33. The van der Waals surface area contributed by atoms with E-state index in [-0.39, 0.29) is 18.2 Å². The molecule has 0 aromatic heterocycles. The lowest BCUT2D eigenvalue weighted by Crippen LogP contribution is -2.43. The smallest absolute Gasteiger partial charge is 0.306 e. The van der Waals surface area contributed by atoms with Crippen LogP contribution in [0.5, 0.6) is 0 Å². The van der Waals surface area contributed by atoms with Gasteiger partial charge in [0, 0.05) is 19.0 Å². The van der Waals surface area contributed by atoms with Crippen LogP contribution in [0, 0.1) is 5.92 Å². The summed E-state index contributed by atoms with van der Waals surface area (Å²) in [6.45, 7) is 8.02. The minimum atomic E-state index is -0.272. The van der Waals surface area contributed by atoms with Crippen molar-refractivity contribution < 1.29 is 14.3 Å². The van der Waals surface area contributed by atoms with Gasteiger partial charge in [-0.15, -0.1) is 0 Å². The molecule has 0 N–H and O–H groups in total. The van der Waals surface area contributed by atoms with Crippen LogP contribution in [0.1, 0.15) is 46.5 Å². The minimum Gasteiger partial charge on any atom is -0.466 e. The lowest BCUT2D eigenvalue weighted by atomic mass is 9.94. The summed E-state index contributed by atoms with van der Waals surface area (Å²) in [6.07, 6.45) is 2.92. The number of hydrogen-bond acceptors (Lipinski definition) is 4. The van der Waals surface area contributed by atoms with Crippen LogP contribution in [0.3, 0.4) is 0 Å². The molecule has 0 radical (unpaired) electrons. The standard InChI is InChI=1S/C14H25NO3/c1-4-18-14(17)8-7-13(16)10-15-9-11(2)5-6-12(15)3/h11-12H,4-10H2,1-3H3. The van der Waals surface area contributed by atoms with Gasteiger partial charge in [0.2, 0.25) is 0 Å². The lowest BCUT2D eigenvalue weighted by Gasteiger charge is -2.36. The highest BCUT2D eigenvalue weighted by Crippen LogP contribution is 2.21. The second-order valence-electron chi connectivity index (χ2n) is 5.30. The Hall–Kier alpha value is -0.900. The molecule has 0 bridgehead atoms. The Bertz CT molecular complexity index is 291. The summed E-state index contributed by atoms with van der Waals surface area (Å²) in [6, 6.07) is 0.479. The zero-order chi connectivity index (χ0) is 13.5. The summed E-state index contributed by atoms with van der Waals surface area (Å²) in [5.74, 6) is 0.536. The van der Waals surface area contributed by atoms with Crippen molar-refractivity contribution in [3.8, 4) is 0 Å². The highest BCUT2D eigenvalue weighted by atomic mass is 16.5. The molecule has 2 unspecified atom stereocenters. The van der Waals surface area contributed by atoms with E-state index in [2.05, 4.69) is 18.7 Å². The Morgan fingerprint density at radius 3 is 2.61 bits per heavy atom.